The van der Waals surface area contributed by atoms with Crippen molar-refractivity contribution in [2.24, 2.45) is 0 Å². The number of benzene rings is 2. The zero-order valence-corrected chi connectivity index (χ0v) is 19.2. The number of nitrogens with zero attached hydrogens (tertiary/aromatic N) is 3. The van der Waals surface area contributed by atoms with E-state index in [0.717, 1.165) is 47.2 Å². The number of pyridine rings is 1. The van der Waals surface area contributed by atoms with Crippen molar-refractivity contribution in [1.29, 1.82) is 0 Å². The van der Waals surface area contributed by atoms with E-state index in [1.165, 1.54) is 5.56 Å². The number of aromatic nitrogens is 1. The van der Waals surface area contributed by atoms with Crippen molar-refractivity contribution in [3.05, 3.63) is 70.9 Å². The van der Waals surface area contributed by atoms with Crippen LogP contribution < -0.4 is 4.90 Å². The molecule has 1 amide bonds. The molecule has 0 spiro atoms. The lowest BCUT2D eigenvalue weighted by atomic mass is 9.95. The number of anilines is 1. The number of hydrogen-bond donors (Lipinski definition) is 0. The average Bonchev–Trinajstić information content (AvgIpc) is 3.26. The highest BCUT2D eigenvalue weighted by Crippen LogP contribution is 2.30. The van der Waals surface area contributed by atoms with Gasteiger partial charge in [-0.3, -0.25) is 14.7 Å². The van der Waals surface area contributed by atoms with E-state index in [4.69, 9.17) is 9.72 Å². The number of carbonyl (C=O) groups is 2. The van der Waals surface area contributed by atoms with Gasteiger partial charge in [-0.15, -0.1) is 0 Å². The van der Waals surface area contributed by atoms with E-state index in [-0.39, 0.29) is 24.9 Å². The molecular weight excluding hydrogens is 414 g/mol. The van der Waals surface area contributed by atoms with Crippen LogP contribution in [0.3, 0.4) is 0 Å². The summed E-state index contributed by atoms with van der Waals surface area (Å²) in [5.74, 6) is -0.384. The second-order valence-electron chi connectivity index (χ2n) is 9.05. The second kappa shape index (κ2) is 8.94. The van der Waals surface area contributed by atoms with E-state index in [1.807, 2.05) is 42.5 Å². The summed E-state index contributed by atoms with van der Waals surface area (Å²) in [7, 11) is 0. The Balaban J connectivity index is 1.34. The molecule has 170 valence electrons. The van der Waals surface area contributed by atoms with Gasteiger partial charge in [0.25, 0.3) is 0 Å². The first kappa shape index (κ1) is 21.6. The normalized spacial score (nSPS) is 15.5. The lowest BCUT2D eigenvalue weighted by Gasteiger charge is -2.32. The van der Waals surface area contributed by atoms with Gasteiger partial charge in [0.1, 0.15) is 6.61 Å². The second-order valence-corrected chi connectivity index (χ2v) is 9.05. The third-order valence-electron chi connectivity index (χ3n) is 6.75. The van der Waals surface area contributed by atoms with Crippen LogP contribution in [0.1, 0.15) is 47.4 Å². The van der Waals surface area contributed by atoms with Gasteiger partial charge in [-0.25, -0.2) is 4.79 Å². The molecule has 0 fully saturated rings. The standard InChI is InChI=1S/C27H29N3O3/c1-18(2)29-14-12-23-21(17-29)26(20-8-4-5-9-22(20)28-23)27(32)33-16-13-25(31)30-15-11-19-7-3-6-10-24(19)30/h3-10,18H,11-17H2,1-2H3. The van der Waals surface area contributed by atoms with E-state index in [9.17, 15) is 9.59 Å². The van der Waals surface area contributed by atoms with Gasteiger partial charge in [-0.2, -0.15) is 0 Å². The van der Waals surface area contributed by atoms with Crippen LogP contribution in [0.2, 0.25) is 0 Å². The third-order valence-corrected chi connectivity index (χ3v) is 6.75. The minimum atomic E-state index is -0.370. The molecule has 2 aliphatic rings. The van der Waals surface area contributed by atoms with Gasteiger partial charge in [-0.05, 0) is 38.0 Å². The molecule has 0 saturated heterocycles. The smallest absolute Gasteiger partial charge is 0.339 e. The number of fused-ring (bicyclic) bond motifs is 3. The summed E-state index contributed by atoms with van der Waals surface area (Å²) in [6.45, 7) is 6.68. The van der Waals surface area contributed by atoms with Gasteiger partial charge in [-0.1, -0.05) is 36.4 Å². The van der Waals surface area contributed by atoms with Crippen molar-refractivity contribution < 1.29 is 14.3 Å². The molecule has 1 aromatic heterocycles. The van der Waals surface area contributed by atoms with E-state index in [0.29, 0.717) is 24.7 Å². The summed E-state index contributed by atoms with van der Waals surface area (Å²) >= 11 is 0. The first-order valence-corrected chi connectivity index (χ1v) is 11.7. The number of ether oxygens (including phenoxy) is 1. The quantitative estimate of drug-likeness (QED) is 0.555. The Bertz CT molecular complexity index is 1220. The molecule has 3 heterocycles. The average molecular weight is 444 g/mol. The minimum absolute atomic E-state index is 0.0136. The van der Waals surface area contributed by atoms with Crippen LogP contribution in [0, 0.1) is 0 Å². The maximum Gasteiger partial charge on any atom is 0.339 e. The van der Waals surface area contributed by atoms with E-state index in [2.05, 4.69) is 24.8 Å². The van der Waals surface area contributed by atoms with Crippen LogP contribution in [0.15, 0.2) is 48.5 Å². The number of hydrogen-bond acceptors (Lipinski definition) is 5. The van der Waals surface area contributed by atoms with E-state index < -0.39 is 0 Å². The Labute approximate surface area is 194 Å². The number of esters is 1. The van der Waals surface area contributed by atoms with Gasteiger partial charge in [0.05, 0.1) is 17.5 Å². The van der Waals surface area contributed by atoms with Crippen LogP contribution in [0.4, 0.5) is 5.69 Å². The SMILES string of the molecule is CC(C)N1CCc2nc3ccccc3c(C(=O)OCCC(=O)N3CCc4ccccc43)c2C1. The van der Waals surface area contributed by atoms with E-state index >= 15 is 0 Å². The summed E-state index contributed by atoms with van der Waals surface area (Å²) < 4.78 is 5.68. The molecular formula is C27H29N3O3. The zero-order valence-electron chi connectivity index (χ0n) is 19.2. The third kappa shape index (κ3) is 4.11. The highest BCUT2D eigenvalue weighted by atomic mass is 16.5. The van der Waals surface area contributed by atoms with Crippen molar-refractivity contribution in [3.8, 4) is 0 Å². The Hall–Kier alpha value is -3.25. The summed E-state index contributed by atoms with van der Waals surface area (Å²) in [5.41, 5.74) is 5.50. The molecule has 3 aromatic rings. The molecule has 2 aliphatic heterocycles. The minimum Gasteiger partial charge on any atom is -0.462 e. The molecule has 0 N–H and O–H groups in total. The molecule has 0 saturated carbocycles. The summed E-state index contributed by atoms with van der Waals surface area (Å²) in [6, 6.07) is 16.1. The summed E-state index contributed by atoms with van der Waals surface area (Å²) in [5, 5.41) is 0.812. The maximum atomic E-state index is 13.3. The van der Waals surface area contributed by atoms with Gasteiger partial charge in [0.15, 0.2) is 0 Å². The molecule has 0 bridgehead atoms. The first-order valence-electron chi connectivity index (χ1n) is 11.7. The van der Waals surface area contributed by atoms with Gasteiger partial charge in [0, 0.05) is 54.4 Å². The molecule has 6 nitrogen and oxygen atoms in total. The number of amides is 1. The molecule has 6 heteroatoms. The highest BCUT2D eigenvalue weighted by Gasteiger charge is 2.28. The highest BCUT2D eigenvalue weighted by molar-refractivity contribution is 6.05. The van der Waals surface area contributed by atoms with Crippen LogP contribution in [-0.2, 0) is 28.9 Å². The summed E-state index contributed by atoms with van der Waals surface area (Å²) in [6.07, 6.45) is 1.85. The predicted octanol–water partition coefficient (Wildman–Crippen LogP) is 4.14. The first-order chi connectivity index (χ1) is 16.0. The molecule has 0 atom stereocenters. The Morgan fingerprint density at radius 3 is 2.67 bits per heavy atom. The van der Waals surface area contributed by atoms with Gasteiger partial charge >= 0.3 is 5.97 Å². The summed E-state index contributed by atoms with van der Waals surface area (Å²) in [4.78, 5) is 35.1. The van der Waals surface area contributed by atoms with Crippen LogP contribution in [-0.4, -0.2) is 47.5 Å². The molecule has 2 aromatic carbocycles. The fourth-order valence-electron chi connectivity index (χ4n) is 4.92. The molecule has 0 radical (unpaired) electrons. The fraction of sp³-hybridized carbons (Fsp3) is 0.370. The maximum absolute atomic E-state index is 13.3. The van der Waals surface area contributed by atoms with Crippen LogP contribution >= 0.6 is 0 Å². The zero-order chi connectivity index (χ0) is 22.9. The van der Waals surface area contributed by atoms with Crippen molar-refractivity contribution in [3.63, 3.8) is 0 Å². The van der Waals surface area contributed by atoms with Crippen molar-refractivity contribution >= 4 is 28.5 Å². The van der Waals surface area contributed by atoms with Crippen molar-refractivity contribution in [1.82, 2.24) is 9.88 Å². The van der Waals surface area contributed by atoms with Gasteiger partial charge in [0.2, 0.25) is 5.91 Å². The largest absolute Gasteiger partial charge is 0.462 e. The number of para-hydroxylation sites is 2. The monoisotopic (exact) mass is 443 g/mol. The van der Waals surface area contributed by atoms with Crippen molar-refractivity contribution in [2.45, 2.75) is 45.7 Å². The van der Waals surface area contributed by atoms with Crippen LogP contribution in [0.5, 0.6) is 0 Å². The number of carbonyl (C=O) groups excluding carboxylic acids is 2. The number of rotatable bonds is 5. The molecule has 0 aliphatic carbocycles. The fourth-order valence-corrected chi connectivity index (χ4v) is 4.92. The lowest BCUT2D eigenvalue weighted by molar-refractivity contribution is -0.119. The predicted molar refractivity (Wildman–Crippen MR) is 128 cm³/mol. The van der Waals surface area contributed by atoms with E-state index in [1.54, 1.807) is 4.90 Å². The molecule has 0 unspecified atom stereocenters. The Morgan fingerprint density at radius 1 is 1.03 bits per heavy atom. The molecule has 5 rings (SSSR count). The Kier molecular flexibility index (Phi) is 5.85. The topological polar surface area (TPSA) is 62.7 Å². The van der Waals surface area contributed by atoms with Gasteiger partial charge < -0.3 is 9.64 Å². The lowest BCUT2D eigenvalue weighted by Crippen LogP contribution is -2.37. The van der Waals surface area contributed by atoms with Crippen molar-refractivity contribution in [2.75, 3.05) is 24.6 Å². The molecule has 33 heavy (non-hydrogen) atoms. The Morgan fingerprint density at radius 2 is 1.82 bits per heavy atom. The van der Waals surface area contributed by atoms with Crippen LogP contribution in [0.25, 0.3) is 10.9 Å².